The number of rotatable bonds is 36. The van der Waals surface area contributed by atoms with Crippen molar-refractivity contribution in [1.82, 2.24) is 0 Å². The van der Waals surface area contributed by atoms with Crippen LogP contribution in [0.4, 0.5) is 0 Å². The molecule has 0 aromatic heterocycles. The molecule has 0 unspecified atom stereocenters. The third kappa shape index (κ3) is 37.8. The van der Waals surface area contributed by atoms with E-state index in [1.54, 1.807) is 0 Å². The number of thiol groups is 1. The molecule has 0 fully saturated rings. The van der Waals surface area contributed by atoms with Gasteiger partial charge in [-0.2, -0.15) is 0 Å². The smallest absolute Gasteiger partial charge is 0.106 e. The molecule has 0 aromatic rings. The molecule has 0 aliphatic rings. The summed E-state index contributed by atoms with van der Waals surface area (Å²) in [5, 5.41) is 0. The van der Waals surface area contributed by atoms with Gasteiger partial charge < -0.3 is 0 Å². The fourth-order valence-corrected chi connectivity index (χ4v) is 14.1. The molecule has 0 N–H and O–H groups in total. The first-order valence-corrected chi connectivity index (χ1v) is 25.9. The van der Waals surface area contributed by atoms with Gasteiger partial charge in [0.05, 0.1) is 0 Å². The van der Waals surface area contributed by atoms with Crippen molar-refractivity contribution in [2.45, 2.75) is 219 Å². The van der Waals surface area contributed by atoms with Crippen molar-refractivity contribution in [3.8, 4) is 0 Å². The lowest BCUT2D eigenvalue weighted by atomic mass is 10.0. The minimum atomic E-state index is -1.51. The van der Waals surface area contributed by atoms with Crippen LogP contribution in [0.2, 0.25) is 0 Å². The predicted octanol–water partition coefficient (Wildman–Crippen LogP) is 16.1. The summed E-state index contributed by atoms with van der Waals surface area (Å²) in [5.74, 6) is 2.45. The molecular weight excluding hydrogens is 592 g/mol. The van der Waals surface area contributed by atoms with E-state index in [1.807, 2.05) is 22.8 Å². The van der Waals surface area contributed by atoms with Gasteiger partial charge in [-0.15, -0.1) is 35.0 Å². The van der Waals surface area contributed by atoms with Gasteiger partial charge in [0.2, 0.25) is 0 Å². The number of hydrogen-bond acceptors (Lipinski definition) is 3. The Morgan fingerprint density at radius 3 is 0.707 bits per heavy atom. The average Bonchev–Trinajstić information content (AvgIpc) is 2.96. The molecule has 0 aromatic carbocycles. The van der Waals surface area contributed by atoms with Gasteiger partial charge in [-0.3, -0.25) is 0 Å². The summed E-state index contributed by atoms with van der Waals surface area (Å²) in [5.41, 5.74) is 0. The lowest BCUT2D eigenvalue weighted by Gasteiger charge is -2.14. The van der Waals surface area contributed by atoms with Crippen LogP contribution >= 0.6 is 38.7 Å². The van der Waals surface area contributed by atoms with Crippen LogP contribution in [0.15, 0.2) is 0 Å². The molecule has 0 bridgehead atoms. The molecule has 248 valence electrons. The quantitative estimate of drug-likeness (QED) is 0.0402. The molecular formula is C36H75PS4. The standard InChI is InChI=1S/C36H75PS4/c1-3-5-7-9-11-13-15-17-19-21-23-25-27-29-31-33-35-40-37(38,39)41-36-34-32-30-28-26-24-22-20-18-16-14-12-10-8-6-4-2/h3-36H2,1-2H3,(H,38,39). The Morgan fingerprint density at radius 1 is 0.341 bits per heavy atom. The van der Waals surface area contributed by atoms with Crippen LogP contribution in [-0.2, 0) is 11.8 Å². The van der Waals surface area contributed by atoms with Crippen molar-refractivity contribution in [3.05, 3.63) is 0 Å². The van der Waals surface area contributed by atoms with Crippen molar-refractivity contribution in [3.63, 3.8) is 0 Å². The lowest BCUT2D eigenvalue weighted by molar-refractivity contribution is 0.532. The zero-order chi connectivity index (χ0) is 30.0. The monoisotopic (exact) mass is 666 g/mol. The molecule has 0 saturated carbocycles. The van der Waals surface area contributed by atoms with E-state index in [0.29, 0.717) is 0 Å². The summed E-state index contributed by atoms with van der Waals surface area (Å²) in [6.45, 7) is 4.61. The largest absolute Gasteiger partial charge is 0.122 e. The van der Waals surface area contributed by atoms with Crippen molar-refractivity contribution in [2.24, 2.45) is 0 Å². The highest BCUT2D eigenvalue weighted by molar-refractivity contribution is 9.20. The topological polar surface area (TPSA) is 0 Å². The summed E-state index contributed by atoms with van der Waals surface area (Å²) in [4.78, 5) is 0. The zero-order valence-electron chi connectivity index (χ0n) is 28.2. The summed E-state index contributed by atoms with van der Waals surface area (Å²) >= 11 is 14.8. The van der Waals surface area contributed by atoms with E-state index in [4.69, 9.17) is 24.1 Å². The van der Waals surface area contributed by atoms with E-state index >= 15 is 0 Å². The van der Waals surface area contributed by atoms with Gasteiger partial charge in [0.25, 0.3) is 0 Å². The minimum absolute atomic E-state index is 1.23. The predicted molar refractivity (Wildman–Crippen MR) is 207 cm³/mol. The summed E-state index contributed by atoms with van der Waals surface area (Å²) in [6.07, 6.45) is 46.0. The highest BCUT2D eigenvalue weighted by Gasteiger charge is 2.12. The fourth-order valence-electron chi connectivity index (χ4n) is 5.70. The Bertz CT molecular complexity index is 486. The zero-order valence-corrected chi connectivity index (χ0v) is 32.4. The second-order valence-corrected chi connectivity index (χ2v) is 27.8. The van der Waals surface area contributed by atoms with Crippen LogP contribution in [0, 0.1) is 0 Å². The summed E-state index contributed by atoms with van der Waals surface area (Å²) in [7, 11) is 0. The highest BCUT2D eigenvalue weighted by Crippen LogP contribution is 2.73. The number of unbranched alkanes of at least 4 members (excludes halogenated alkanes) is 30. The van der Waals surface area contributed by atoms with Crippen LogP contribution in [0.5, 0.6) is 0 Å². The minimum Gasteiger partial charge on any atom is -0.122 e. The molecule has 0 saturated heterocycles. The van der Waals surface area contributed by atoms with E-state index in [9.17, 15) is 0 Å². The van der Waals surface area contributed by atoms with Gasteiger partial charge in [0.1, 0.15) is 3.64 Å². The van der Waals surface area contributed by atoms with Crippen molar-refractivity contribution >= 4 is 50.5 Å². The van der Waals surface area contributed by atoms with Gasteiger partial charge in [0.15, 0.2) is 0 Å². The van der Waals surface area contributed by atoms with Gasteiger partial charge in [0, 0.05) is 0 Å². The molecule has 0 spiro atoms. The van der Waals surface area contributed by atoms with Crippen LogP contribution in [0.25, 0.3) is 0 Å². The maximum absolute atomic E-state index is 5.86. The second kappa shape index (κ2) is 36.2. The Morgan fingerprint density at radius 2 is 0.512 bits per heavy atom. The van der Waals surface area contributed by atoms with Crippen LogP contribution in [-0.4, -0.2) is 11.5 Å². The number of hydrogen-bond donors (Lipinski definition) is 1. The maximum Gasteiger partial charge on any atom is 0.106 e. The lowest BCUT2D eigenvalue weighted by Crippen LogP contribution is -1.85. The molecule has 0 aliphatic heterocycles. The van der Waals surface area contributed by atoms with Gasteiger partial charge in [-0.05, 0) is 24.3 Å². The fraction of sp³-hybridized carbons (Fsp3) is 1.00. The first kappa shape index (κ1) is 42.7. The van der Waals surface area contributed by atoms with Crippen LogP contribution < -0.4 is 0 Å². The molecule has 0 atom stereocenters. The SMILES string of the molecule is CCCCCCCCCCCCCCCCCCSP(=S)(S)SCCCCCCCCCCCCCCCCCC. The summed E-state index contributed by atoms with van der Waals surface area (Å²) < 4.78 is -1.51. The van der Waals surface area contributed by atoms with Crippen molar-refractivity contribution in [1.29, 1.82) is 0 Å². The highest BCUT2D eigenvalue weighted by atomic mass is 33.5. The molecule has 5 heteroatoms. The molecule has 41 heavy (non-hydrogen) atoms. The average molecular weight is 667 g/mol. The first-order valence-electron chi connectivity index (χ1n) is 18.7. The van der Waals surface area contributed by atoms with Crippen molar-refractivity contribution in [2.75, 3.05) is 11.5 Å². The molecule has 0 radical (unpaired) electrons. The molecule has 0 rings (SSSR count). The van der Waals surface area contributed by atoms with Crippen LogP contribution in [0.1, 0.15) is 219 Å². The van der Waals surface area contributed by atoms with E-state index in [1.165, 1.54) is 217 Å². The van der Waals surface area contributed by atoms with Crippen molar-refractivity contribution < 1.29 is 0 Å². The van der Waals surface area contributed by atoms with Gasteiger partial charge in [-0.25, -0.2) is 0 Å². The van der Waals surface area contributed by atoms with E-state index < -0.39 is 3.64 Å². The Balaban J connectivity index is 3.26. The molecule has 0 aliphatic carbocycles. The van der Waals surface area contributed by atoms with Gasteiger partial charge in [-0.1, -0.05) is 218 Å². The maximum atomic E-state index is 5.86. The van der Waals surface area contributed by atoms with E-state index in [2.05, 4.69) is 13.8 Å². The Kier molecular flexibility index (Phi) is 37.7. The molecule has 0 heterocycles. The normalized spacial score (nSPS) is 12.0. The molecule has 0 amide bonds. The van der Waals surface area contributed by atoms with E-state index in [0.717, 1.165) is 0 Å². The van der Waals surface area contributed by atoms with E-state index in [-0.39, 0.29) is 0 Å². The summed E-state index contributed by atoms with van der Waals surface area (Å²) in [6, 6.07) is 0. The Labute approximate surface area is 279 Å². The van der Waals surface area contributed by atoms with Crippen LogP contribution in [0.3, 0.4) is 0 Å². The van der Waals surface area contributed by atoms with Gasteiger partial charge >= 0.3 is 0 Å². The third-order valence-corrected chi connectivity index (χ3v) is 19.0. The second-order valence-electron chi connectivity index (χ2n) is 12.7. The third-order valence-electron chi connectivity index (χ3n) is 8.50. The molecule has 0 nitrogen and oxygen atoms in total. The Hall–Kier alpha value is 1.70. The first-order chi connectivity index (χ1) is 20.1.